The van der Waals surface area contributed by atoms with Crippen LogP contribution in [0, 0.1) is 6.92 Å². The van der Waals surface area contributed by atoms with Crippen molar-refractivity contribution in [2.45, 2.75) is 33.6 Å². The van der Waals surface area contributed by atoms with E-state index in [-0.39, 0.29) is 12.5 Å². The first kappa shape index (κ1) is 17.1. The molecule has 122 valence electrons. The van der Waals surface area contributed by atoms with Crippen LogP contribution in [0.15, 0.2) is 18.2 Å². The monoisotopic (exact) mass is 333 g/mol. The Morgan fingerprint density at radius 1 is 1.17 bits per heavy atom. The summed E-state index contributed by atoms with van der Waals surface area (Å²) in [5, 5.41) is 14.3. The van der Waals surface area contributed by atoms with E-state index in [0.717, 1.165) is 29.8 Å². The lowest BCUT2D eigenvalue weighted by molar-refractivity contribution is -0.114. The zero-order valence-electron chi connectivity index (χ0n) is 13.5. The minimum atomic E-state index is -0.225. The summed E-state index contributed by atoms with van der Waals surface area (Å²) < 4.78 is 0. The Balaban J connectivity index is 1.96. The first-order chi connectivity index (χ1) is 11.0. The number of amides is 1. The highest BCUT2D eigenvalue weighted by molar-refractivity contribution is 6.33. The van der Waals surface area contributed by atoms with Crippen molar-refractivity contribution in [1.29, 1.82) is 0 Å². The van der Waals surface area contributed by atoms with Gasteiger partial charge in [0.1, 0.15) is 0 Å². The maximum absolute atomic E-state index is 12.0. The van der Waals surface area contributed by atoms with E-state index < -0.39 is 0 Å². The first-order valence-corrected chi connectivity index (χ1v) is 7.93. The number of benzene rings is 1. The van der Waals surface area contributed by atoms with Gasteiger partial charge in [-0.05, 0) is 37.5 Å². The van der Waals surface area contributed by atoms with Gasteiger partial charge in [0, 0.05) is 0 Å². The molecule has 0 radical (unpaired) electrons. The summed E-state index contributed by atoms with van der Waals surface area (Å²) in [4.78, 5) is 16.4. The molecule has 23 heavy (non-hydrogen) atoms. The molecule has 7 heteroatoms. The predicted molar refractivity (Wildman–Crippen MR) is 91.9 cm³/mol. The largest absolute Gasteiger partial charge is 0.344 e. The van der Waals surface area contributed by atoms with Gasteiger partial charge in [-0.2, -0.15) is 5.10 Å². The van der Waals surface area contributed by atoms with Crippen molar-refractivity contribution in [3.8, 4) is 0 Å². The lowest BCUT2D eigenvalue weighted by Gasteiger charge is -2.10. The molecule has 2 aromatic rings. The van der Waals surface area contributed by atoms with E-state index in [4.69, 9.17) is 11.6 Å². The zero-order chi connectivity index (χ0) is 16.8. The number of anilines is 2. The minimum absolute atomic E-state index is 0.0422. The maximum Gasteiger partial charge on any atom is 0.243 e. The van der Waals surface area contributed by atoms with Crippen LogP contribution in [0.1, 0.15) is 30.8 Å². The molecule has 0 bridgehead atoms. The molecule has 0 atom stereocenters. The topological polar surface area (TPSA) is 79.8 Å². The minimum Gasteiger partial charge on any atom is -0.344 e. The summed E-state index contributed by atoms with van der Waals surface area (Å²) in [6.07, 6.45) is 1.56. The fraction of sp³-hybridized carbons (Fsp3) is 0.375. The SMILES string of the molecule is CCc1nnc(NCC(=O)Nc2ccc(C)cc2Cl)nc1CC. The normalized spacial score (nSPS) is 10.4. The van der Waals surface area contributed by atoms with E-state index in [9.17, 15) is 4.79 Å². The number of nitrogens with zero attached hydrogens (tertiary/aromatic N) is 3. The molecular weight excluding hydrogens is 314 g/mol. The molecule has 1 aromatic heterocycles. The van der Waals surface area contributed by atoms with Gasteiger partial charge in [-0.1, -0.05) is 31.5 Å². The lowest BCUT2D eigenvalue weighted by atomic mass is 10.2. The number of carbonyl (C=O) groups is 1. The predicted octanol–water partition coefficient (Wildman–Crippen LogP) is 3.01. The van der Waals surface area contributed by atoms with Gasteiger partial charge in [-0.3, -0.25) is 4.79 Å². The molecule has 0 aliphatic carbocycles. The summed E-state index contributed by atoms with van der Waals surface area (Å²) in [5.74, 6) is 0.126. The number of rotatable bonds is 6. The Hall–Kier alpha value is -2.21. The van der Waals surface area contributed by atoms with Gasteiger partial charge in [0.2, 0.25) is 11.9 Å². The fourth-order valence-electron chi connectivity index (χ4n) is 2.09. The second-order valence-corrected chi connectivity index (χ2v) is 5.53. The molecule has 0 saturated heterocycles. The van der Waals surface area contributed by atoms with Crippen LogP contribution in [0.25, 0.3) is 0 Å². The Bertz CT molecular complexity index is 705. The van der Waals surface area contributed by atoms with Gasteiger partial charge in [-0.15, -0.1) is 5.10 Å². The third-order valence-electron chi connectivity index (χ3n) is 3.31. The summed E-state index contributed by atoms with van der Waals surface area (Å²) in [6.45, 7) is 6.00. The Morgan fingerprint density at radius 2 is 1.91 bits per heavy atom. The van der Waals surface area contributed by atoms with E-state index in [0.29, 0.717) is 16.7 Å². The van der Waals surface area contributed by atoms with E-state index in [1.165, 1.54) is 0 Å². The van der Waals surface area contributed by atoms with E-state index in [1.807, 2.05) is 26.8 Å². The molecule has 2 rings (SSSR count). The van der Waals surface area contributed by atoms with Crippen molar-refractivity contribution >= 4 is 29.1 Å². The van der Waals surface area contributed by atoms with Crippen molar-refractivity contribution in [3.05, 3.63) is 40.2 Å². The van der Waals surface area contributed by atoms with E-state index >= 15 is 0 Å². The van der Waals surface area contributed by atoms with Crippen molar-refractivity contribution in [2.75, 3.05) is 17.2 Å². The van der Waals surface area contributed by atoms with Crippen LogP contribution >= 0.6 is 11.6 Å². The van der Waals surface area contributed by atoms with Crippen LogP contribution in [-0.2, 0) is 17.6 Å². The summed E-state index contributed by atoms with van der Waals surface area (Å²) in [6, 6.07) is 5.46. The van der Waals surface area contributed by atoms with Gasteiger partial charge in [0.05, 0.1) is 28.6 Å². The Morgan fingerprint density at radius 3 is 2.57 bits per heavy atom. The Kier molecular flexibility index (Phi) is 5.87. The van der Waals surface area contributed by atoms with Gasteiger partial charge < -0.3 is 10.6 Å². The molecule has 6 nitrogen and oxygen atoms in total. The standard InChI is InChI=1S/C16H20ClN5O/c1-4-12-13(5-2)21-22-16(20-12)18-9-15(23)19-14-7-6-10(3)8-11(14)17/h6-8H,4-5,9H2,1-3H3,(H,19,23)(H,18,20,22). The van der Waals surface area contributed by atoms with Crippen LogP contribution in [0.3, 0.4) is 0 Å². The second-order valence-electron chi connectivity index (χ2n) is 5.12. The van der Waals surface area contributed by atoms with Crippen molar-refractivity contribution < 1.29 is 4.79 Å². The molecule has 0 fully saturated rings. The smallest absolute Gasteiger partial charge is 0.243 e. The summed E-state index contributed by atoms with van der Waals surface area (Å²) >= 11 is 6.09. The molecule has 0 aliphatic rings. The van der Waals surface area contributed by atoms with Gasteiger partial charge in [0.25, 0.3) is 0 Å². The van der Waals surface area contributed by atoms with Crippen LogP contribution in [0.4, 0.5) is 11.6 Å². The number of nitrogens with one attached hydrogen (secondary N) is 2. The molecule has 2 N–H and O–H groups in total. The molecule has 0 aliphatic heterocycles. The van der Waals surface area contributed by atoms with E-state index in [2.05, 4.69) is 25.8 Å². The average Bonchev–Trinajstić information content (AvgIpc) is 2.55. The molecule has 1 amide bonds. The highest BCUT2D eigenvalue weighted by Gasteiger charge is 2.09. The Labute approximate surface area is 140 Å². The number of hydrogen-bond donors (Lipinski definition) is 2. The average molecular weight is 334 g/mol. The molecule has 1 aromatic carbocycles. The summed E-state index contributed by atoms with van der Waals surface area (Å²) in [7, 11) is 0. The van der Waals surface area contributed by atoms with E-state index in [1.54, 1.807) is 12.1 Å². The first-order valence-electron chi connectivity index (χ1n) is 7.55. The van der Waals surface area contributed by atoms with Crippen LogP contribution < -0.4 is 10.6 Å². The number of carbonyl (C=O) groups excluding carboxylic acids is 1. The maximum atomic E-state index is 12.0. The highest BCUT2D eigenvalue weighted by Crippen LogP contribution is 2.22. The number of halogens is 1. The number of hydrogen-bond acceptors (Lipinski definition) is 5. The zero-order valence-corrected chi connectivity index (χ0v) is 14.2. The molecular formula is C16H20ClN5O. The highest BCUT2D eigenvalue weighted by atomic mass is 35.5. The lowest BCUT2D eigenvalue weighted by Crippen LogP contribution is -2.23. The van der Waals surface area contributed by atoms with Gasteiger partial charge in [-0.25, -0.2) is 4.98 Å². The molecule has 1 heterocycles. The summed E-state index contributed by atoms with van der Waals surface area (Å²) in [5.41, 5.74) is 3.40. The molecule has 0 unspecified atom stereocenters. The van der Waals surface area contributed by atoms with Gasteiger partial charge >= 0.3 is 0 Å². The fourth-order valence-corrected chi connectivity index (χ4v) is 2.37. The van der Waals surface area contributed by atoms with Crippen LogP contribution in [0.2, 0.25) is 5.02 Å². The van der Waals surface area contributed by atoms with Crippen LogP contribution in [0.5, 0.6) is 0 Å². The number of aromatic nitrogens is 3. The van der Waals surface area contributed by atoms with Gasteiger partial charge in [0.15, 0.2) is 0 Å². The van der Waals surface area contributed by atoms with Crippen molar-refractivity contribution in [2.24, 2.45) is 0 Å². The third-order valence-corrected chi connectivity index (χ3v) is 3.63. The molecule has 0 saturated carbocycles. The molecule has 0 spiro atoms. The second kappa shape index (κ2) is 7.87. The number of aryl methyl sites for hydroxylation is 3. The quantitative estimate of drug-likeness (QED) is 0.849. The third kappa shape index (κ3) is 4.63. The van der Waals surface area contributed by atoms with Crippen molar-refractivity contribution in [3.63, 3.8) is 0 Å². The van der Waals surface area contributed by atoms with Crippen molar-refractivity contribution in [1.82, 2.24) is 15.2 Å². The van der Waals surface area contributed by atoms with Crippen LogP contribution in [-0.4, -0.2) is 27.6 Å².